The normalized spacial score (nSPS) is 18.7. The molecule has 1 aliphatic carbocycles. The standard InChI is InChI=1S/C8H14N4S.2ClH/c9-7-12-11-6(13-7)8(10)4-2-1-3-5-8;;/h1-5,10H2,(H2,9,12);2*1H. The molecule has 4 N–H and O–H groups in total. The van der Waals surface area contributed by atoms with Crippen molar-refractivity contribution in [2.75, 3.05) is 5.73 Å². The minimum absolute atomic E-state index is 0. The van der Waals surface area contributed by atoms with Crippen molar-refractivity contribution in [1.29, 1.82) is 0 Å². The zero-order chi connectivity index (χ0) is 9.31. The smallest absolute Gasteiger partial charge is 0.203 e. The highest BCUT2D eigenvalue weighted by Gasteiger charge is 2.32. The number of hydrogen-bond acceptors (Lipinski definition) is 5. The number of halogens is 2. The van der Waals surface area contributed by atoms with Gasteiger partial charge in [0.1, 0.15) is 5.01 Å². The van der Waals surface area contributed by atoms with E-state index >= 15 is 0 Å². The minimum Gasteiger partial charge on any atom is -0.374 e. The van der Waals surface area contributed by atoms with Crippen molar-refractivity contribution in [2.45, 2.75) is 37.6 Å². The van der Waals surface area contributed by atoms with E-state index in [-0.39, 0.29) is 30.4 Å². The van der Waals surface area contributed by atoms with E-state index in [1.54, 1.807) is 0 Å². The molecule has 0 aromatic carbocycles. The van der Waals surface area contributed by atoms with E-state index in [2.05, 4.69) is 10.2 Å². The Balaban J connectivity index is 0.000000980. The third-order valence-electron chi connectivity index (χ3n) is 2.61. The number of hydrogen-bond donors (Lipinski definition) is 2. The van der Waals surface area contributed by atoms with Gasteiger partial charge in [0.05, 0.1) is 5.54 Å². The zero-order valence-electron chi connectivity index (χ0n) is 8.31. The van der Waals surface area contributed by atoms with Crippen LogP contribution in [0.25, 0.3) is 0 Å². The van der Waals surface area contributed by atoms with Gasteiger partial charge in [0.25, 0.3) is 0 Å². The number of aromatic nitrogens is 2. The maximum Gasteiger partial charge on any atom is 0.203 e. The zero-order valence-corrected chi connectivity index (χ0v) is 10.8. The molecule has 0 saturated heterocycles. The Morgan fingerprint density at radius 2 is 1.67 bits per heavy atom. The topological polar surface area (TPSA) is 77.8 Å². The predicted octanol–water partition coefficient (Wildman–Crippen LogP) is 2.08. The molecule has 0 unspecified atom stereocenters. The van der Waals surface area contributed by atoms with Gasteiger partial charge in [-0.25, -0.2) is 0 Å². The predicted molar refractivity (Wildman–Crippen MR) is 67.8 cm³/mol. The number of rotatable bonds is 1. The monoisotopic (exact) mass is 270 g/mol. The molecule has 88 valence electrons. The van der Waals surface area contributed by atoms with Crippen LogP contribution in [0.3, 0.4) is 0 Å². The van der Waals surface area contributed by atoms with E-state index in [0.29, 0.717) is 5.13 Å². The Morgan fingerprint density at radius 1 is 1.07 bits per heavy atom. The van der Waals surface area contributed by atoms with Gasteiger partial charge in [0, 0.05) is 0 Å². The highest BCUT2D eigenvalue weighted by atomic mass is 35.5. The molecule has 0 aliphatic heterocycles. The Bertz CT molecular complexity index is 299. The van der Waals surface area contributed by atoms with Gasteiger partial charge in [-0.3, -0.25) is 0 Å². The largest absolute Gasteiger partial charge is 0.374 e. The van der Waals surface area contributed by atoms with Crippen LogP contribution in [-0.2, 0) is 5.54 Å². The number of anilines is 1. The number of nitrogens with zero attached hydrogens (tertiary/aromatic N) is 2. The molecule has 0 radical (unpaired) electrons. The molecule has 1 heterocycles. The third kappa shape index (κ3) is 3.17. The number of nitrogen functional groups attached to an aromatic ring is 1. The molecule has 1 aliphatic rings. The second-order valence-electron chi connectivity index (χ2n) is 3.66. The molecule has 1 saturated carbocycles. The average molecular weight is 271 g/mol. The third-order valence-corrected chi connectivity index (χ3v) is 3.58. The van der Waals surface area contributed by atoms with E-state index in [4.69, 9.17) is 11.5 Å². The minimum atomic E-state index is -0.243. The quantitative estimate of drug-likeness (QED) is 0.819. The number of nitrogens with two attached hydrogens (primary N) is 2. The fourth-order valence-corrected chi connectivity index (χ4v) is 2.60. The van der Waals surface area contributed by atoms with Gasteiger partial charge in [0.2, 0.25) is 5.13 Å². The lowest BCUT2D eigenvalue weighted by atomic mass is 9.83. The van der Waals surface area contributed by atoms with Gasteiger partial charge < -0.3 is 11.5 Å². The van der Waals surface area contributed by atoms with Crippen LogP contribution in [0, 0.1) is 0 Å². The van der Waals surface area contributed by atoms with E-state index in [1.807, 2.05) is 0 Å². The Morgan fingerprint density at radius 3 is 2.13 bits per heavy atom. The van der Waals surface area contributed by atoms with E-state index in [9.17, 15) is 0 Å². The summed E-state index contributed by atoms with van der Waals surface area (Å²) < 4.78 is 0. The van der Waals surface area contributed by atoms with Crippen molar-refractivity contribution in [2.24, 2.45) is 5.73 Å². The molecule has 0 atom stereocenters. The van der Waals surface area contributed by atoms with Crippen molar-refractivity contribution in [1.82, 2.24) is 10.2 Å². The molecule has 0 amide bonds. The molecule has 1 aromatic rings. The van der Waals surface area contributed by atoms with Crippen LogP contribution in [0.2, 0.25) is 0 Å². The fourth-order valence-electron chi connectivity index (χ4n) is 1.83. The Hall–Kier alpha value is -0.100. The van der Waals surface area contributed by atoms with Crippen LogP contribution in [0.5, 0.6) is 0 Å². The maximum absolute atomic E-state index is 6.25. The van der Waals surface area contributed by atoms with E-state index < -0.39 is 0 Å². The van der Waals surface area contributed by atoms with Crippen LogP contribution >= 0.6 is 36.2 Å². The molecule has 1 fully saturated rings. The molecule has 7 heteroatoms. The van der Waals surface area contributed by atoms with E-state index in [1.165, 1.54) is 30.6 Å². The van der Waals surface area contributed by atoms with Crippen LogP contribution in [0.15, 0.2) is 0 Å². The summed E-state index contributed by atoms with van der Waals surface area (Å²) in [6.45, 7) is 0. The summed E-state index contributed by atoms with van der Waals surface area (Å²) in [5.41, 5.74) is 11.5. The summed E-state index contributed by atoms with van der Waals surface area (Å²) in [7, 11) is 0. The highest BCUT2D eigenvalue weighted by Crippen LogP contribution is 2.36. The second kappa shape index (κ2) is 5.84. The second-order valence-corrected chi connectivity index (χ2v) is 4.67. The summed E-state index contributed by atoms with van der Waals surface area (Å²) in [6.07, 6.45) is 5.70. The van der Waals surface area contributed by atoms with Gasteiger partial charge in [-0.05, 0) is 12.8 Å². The van der Waals surface area contributed by atoms with Gasteiger partial charge in [-0.1, -0.05) is 30.6 Å². The van der Waals surface area contributed by atoms with Crippen LogP contribution in [-0.4, -0.2) is 10.2 Å². The fraction of sp³-hybridized carbons (Fsp3) is 0.750. The first-order valence-electron chi connectivity index (χ1n) is 4.59. The molecule has 4 nitrogen and oxygen atoms in total. The molecular weight excluding hydrogens is 255 g/mol. The summed E-state index contributed by atoms with van der Waals surface area (Å²) in [6, 6.07) is 0. The molecule has 1 aromatic heterocycles. The van der Waals surface area contributed by atoms with Crippen molar-refractivity contribution < 1.29 is 0 Å². The summed E-state index contributed by atoms with van der Waals surface area (Å²) in [5.74, 6) is 0. The first-order chi connectivity index (χ1) is 6.21. The van der Waals surface area contributed by atoms with Gasteiger partial charge in [-0.2, -0.15) is 0 Å². The van der Waals surface area contributed by atoms with E-state index in [0.717, 1.165) is 17.8 Å². The molecular formula is C8H16Cl2N4S. The van der Waals surface area contributed by atoms with Crippen molar-refractivity contribution >= 4 is 41.3 Å². The van der Waals surface area contributed by atoms with Gasteiger partial charge in [-0.15, -0.1) is 35.0 Å². The molecule has 15 heavy (non-hydrogen) atoms. The van der Waals surface area contributed by atoms with Crippen LogP contribution < -0.4 is 11.5 Å². The van der Waals surface area contributed by atoms with Crippen molar-refractivity contribution in [3.8, 4) is 0 Å². The first kappa shape index (κ1) is 14.9. The molecule has 2 rings (SSSR count). The van der Waals surface area contributed by atoms with Gasteiger partial charge in [0.15, 0.2) is 0 Å². The summed E-state index contributed by atoms with van der Waals surface area (Å²) in [4.78, 5) is 0. The van der Waals surface area contributed by atoms with Crippen molar-refractivity contribution in [3.05, 3.63) is 5.01 Å². The first-order valence-corrected chi connectivity index (χ1v) is 5.41. The molecule has 0 spiro atoms. The highest BCUT2D eigenvalue weighted by molar-refractivity contribution is 7.15. The summed E-state index contributed by atoms with van der Waals surface area (Å²) >= 11 is 1.42. The Kier molecular flexibility index (Phi) is 5.80. The SMILES string of the molecule is Cl.Cl.Nc1nnc(C2(N)CCCCC2)s1. The average Bonchev–Trinajstić information content (AvgIpc) is 2.54. The lowest BCUT2D eigenvalue weighted by Gasteiger charge is -2.30. The van der Waals surface area contributed by atoms with Crippen LogP contribution in [0.1, 0.15) is 37.1 Å². The van der Waals surface area contributed by atoms with Crippen LogP contribution in [0.4, 0.5) is 5.13 Å². The van der Waals surface area contributed by atoms with Gasteiger partial charge >= 0.3 is 0 Å². The summed E-state index contributed by atoms with van der Waals surface area (Å²) in [5, 5.41) is 9.26. The van der Waals surface area contributed by atoms with Crippen molar-refractivity contribution in [3.63, 3.8) is 0 Å². The maximum atomic E-state index is 6.25. The lowest BCUT2D eigenvalue weighted by Crippen LogP contribution is -2.38. The Labute approximate surface area is 106 Å². The lowest BCUT2D eigenvalue weighted by molar-refractivity contribution is 0.300. The molecule has 0 bridgehead atoms.